The number of furan rings is 1. The van der Waals surface area contributed by atoms with Crippen LogP contribution in [0.2, 0.25) is 0 Å². The SMILES string of the molecule is COc1cc(F)c(NCc2ccoc2)cc1OC. The Hall–Kier alpha value is -2.17. The van der Waals surface area contributed by atoms with E-state index in [9.17, 15) is 4.39 Å². The highest BCUT2D eigenvalue weighted by molar-refractivity contribution is 5.56. The molecule has 0 amide bonds. The van der Waals surface area contributed by atoms with Gasteiger partial charge in [-0.2, -0.15) is 0 Å². The number of rotatable bonds is 5. The first-order valence-electron chi connectivity index (χ1n) is 5.41. The molecule has 1 heterocycles. The van der Waals surface area contributed by atoms with Gasteiger partial charge in [-0.3, -0.25) is 0 Å². The monoisotopic (exact) mass is 251 g/mol. The first-order chi connectivity index (χ1) is 8.74. The van der Waals surface area contributed by atoms with Crippen LogP contribution in [0, 0.1) is 5.82 Å². The fraction of sp³-hybridized carbons (Fsp3) is 0.231. The minimum Gasteiger partial charge on any atom is -0.493 e. The van der Waals surface area contributed by atoms with E-state index in [1.807, 2.05) is 6.07 Å². The highest BCUT2D eigenvalue weighted by atomic mass is 19.1. The summed E-state index contributed by atoms with van der Waals surface area (Å²) < 4.78 is 28.8. The predicted octanol–water partition coefficient (Wildman–Crippen LogP) is 3.05. The molecule has 0 aliphatic rings. The molecule has 5 heteroatoms. The van der Waals surface area contributed by atoms with Crippen LogP contribution >= 0.6 is 0 Å². The number of methoxy groups -OCH3 is 2. The van der Waals surface area contributed by atoms with E-state index in [-0.39, 0.29) is 0 Å². The minimum atomic E-state index is -0.392. The van der Waals surface area contributed by atoms with Crippen molar-refractivity contribution in [2.45, 2.75) is 6.54 Å². The Balaban J connectivity index is 2.17. The Labute approximate surface area is 104 Å². The van der Waals surface area contributed by atoms with Gasteiger partial charge in [0.2, 0.25) is 0 Å². The maximum atomic E-state index is 13.8. The molecule has 0 saturated carbocycles. The molecule has 0 aliphatic heterocycles. The van der Waals surface area contributed by atoms with Crippen molar-refractivity contribution in [3.05, 3.63) is 42.1 Å². The smallest absolute Gasteiger partial charge is 0.163 e. The molecule has 0 aliphatic carbocycles. The molecule has 0 unspecified atom stereocenters. The molecular weight excluding hydrogens is 237 g/mol. The number of ether oxygens (including phenoxy) is 2. The van der Waals surface area contributed by atoms with Crippen LogP contribution in [-0.2, 0) is 6.54 Å². The summed E-state index contributed by atoms with van der Waals surface area (Å²) in [4.78, 5) is 0. The summed E-state index contributed by atoms with van der Waals surface area (Å²) in [6.07, 6.45) is 3.17. The van der Waals surface area contributed by atoms with Crippen LogP contribution in [0.5, 0.6) is 11.5 Å². The average molecular weight is 251 g/mol. The van der Waals surface area contributed by atoms with Crippen LogP contribution in [0.1, 0.15) is 5.56 Å². The topological polar surface area (TPSA) is 43.6 Å². The van der Waals surface area contributed by atoms with E-state index < -0.39 is 5.82 Å². The summed E-state index contributed by atoms with van der Waals surface area (Å²) in [5.41, 5.74) is 1.29. The van der Waals surface area contributed by atoms with Gasteiger partial charge in [0.25, 0.3) is 0 Å². The van der Waals surface area contributed by atoms with Gasteiger partial charge in [-0.15, -0.1) is 0 Å². The molecule has 1 aromatic carbocycles. The number of benzene rings is 1. The highest BCUT2D eigenvalue weighted by Gasteiger charge is 2.10. The lowest BCUT2D eigenvalue weighted by molar-refractivity contribution is 0.352. The maximum Gasteiger partial charge on any atom is 0.163 e. The third kappa shape index (κ3) is 2.56. The summed E-state index contributed by atoms with van der Waals surface area (Å²) in [5.74, 6) is 0.452. The standard InChI is InChI=1S/C13H14FNO3/c1-16-12-5-10(14)11(6-13(12)17-2)15-7-9-3-4-18-8-9/h3-6,8,15H,7H2,1-2H3. The van der Waals surface area contributed by atoms with Gasteiger partial charge in [0.15, 0.2) is 11.5 Å². The van der Waals surface area contributed by atoms with Crippen LogP contribution in [0.25, 0.3) is 0 Å². The van der Waals surface area contributed by atoms with Gasteiger partial charge in [-0.05, 0) is 6.07 Å². The van der Waals surface area contributed by atoms with Crippen molar-refractivity contribution in [2.24, 2.45) is 0 Å². The molecule has 1 aromatic heterocycles. The van der Waals surface area contributed by atoms with Gasteiger partial charge in [-0.1, -0.05) is 0 Å². The fourth-order valence-electron chi connectivity index (χ4n) is 1.58. The molecule has 0 bridgehead atoms. The predicted molar refractivity (Wildman–Crippen MR) is 65.5 cm³/mol. The Morgan fingerprint density at radius 2 is 1.94 bits per heavy atom. The molecule has 2 rings (SSSR count). The summed E-state index contributed by atoms with van der Waals surface area (Å²) in [6.45, 7) is 0.475. The van der Waals surface area contributed by atoms with E-state index in [0.717, 1.165) is 5.56 Å². The van der Waals surface area contributed by atoms with Crippen molar-refractivity contribution in [1.29, 1.82) is 0 Å². The molecule has 0 radical (unpaired) electrons. The van der Waals surface area contributed by atoms with Crippen molar-refractivity contribution in [1.82, 2.24) is 0 Å². The van der Waals surface area contributed by atoms with Gasteiger partial charge < -0.3 is 19.2 Å². The first kappa shape index (κ1) is 12.3. The molecule has 0 fully saturated rings. The van der Waals surface area contributed by atoms with Crippen LogP contribution in [-0.4, -0.2) is 14.2 Å². The van der Waals surface area contributed by atoms with E-state index in [2.05, 4.69) is 5.32 Å². The third-order valence-corrected chi connectivity index (χ3v) is 2.54. The largest absolute Gasteiger partial charge is 0.493 e. The molecule has 0 atom stereocenters. The molecule has 0 spiro atoms. The van der Waals surface area contributed by atoms with Gasteiger partial charge in [-0.25, -0.2) is 4.39 Å². The lowest BCUT2D eigenvalue weighted by Crippen LogP contribution is -2.02. The van der Waals surface area contributed by atoms with Crippen molar-refractivity contribution in [3.8, 4) is 11.5 Å². The maximum absolute atomic E-state index is 13.8. The van der Waals surface area contributed by atoms with Crippen LogP contribution < -0.4 is 14.8 Å². The second-order valence-electron chi connectivity index (χ2n) is 3.67. The zero-order chi connectivity index (χ0) is 13.0. The van der Waals surface area contributed by atoms with Crippen LogP contribution in [0.4, 0.5) is 10.1 Å². The van der Waals surface area contributed by atoms with Crippen LogP contribution in [0.3, 0.4) is 0 Å². The average Bonchev–Trinajstić information content (AvgIpc) is 2.90. The van der Waals surface area contributed by atoms with Crippen LogP contribution in [0.15, 0.2) is 35.1 Å². The van der Waals surface area contributed by atoms with Gasteiger partial charge in [0.1, 0.15) is 5.82 Å². The number of halogens is 1. The van der Waals surface area contributed by atoms with Crippen molar-refractivity contribution in [3.63, 3.8) is 0 Å². The lowest BCUT2D eigenvalue weighted by Gasteiger charge is -2.12. The summed E-state index contributed by atoms with van der Waals surface area (Å²) in [6, 6.07) is 4.66. The summed E-state index contributed by atoms with van der Waals surface area (Å²) >= 11 is 0. The lowest BCUT2D eigenvalue weighted by atomic mass is 10.2. The zero-order valence-corrected chi connectivity index (χ0v) is 10.2. The van der Waals surface area contributed by atoms with Gasteiger partial charge in [0.05, 0.1) is 32.4 Å². The molecule has 0 saturated heterocycles. The van der Waals surface area contributed by atoms with E-state index in [4.69, 9.17) is 13.9 Å². The third-order valence-electron chi connectivity index (χ3n) is 2.54. The molecule has 2 aromatic rings. The van der Waals surface area contributed by atoms with Crippen molar-refractivity contribution in [2.75, 3.05) is 19.5 Å². The summed E-state index contributed by atoms with van der Waals surface area (Å²) in [7, 11) is 2.98. The second kappa shape index (κ2) is 5.44. The summed E-state index contributed by atoms with van der Waals surface area (Å²) in [5, 5.41) is 2.97. The normalized spacial score (nSPS) is 10.2. The van der Waals surface area contributed by atoms with E-state index in [0.29, 0.717) is 23.7 Å². The van der Waals surface area contributed by atoms with Gasteiger partial charge >= 0.3 is 0 Å². The number of anilines is 1. The molecule has 18 heavy (non-hydrogen) atoms. The number of hydrogen-bond acceptors (Lipinski definition) is 4. The van der Waals surface area contributed by atoms with E-state index >= 15 is 0 Å². The Morgan fingerprint density at radius 1 is 1.22 bits per heavy atom. The number of nitrogens with one attached hydrogen (secondary N) is 1. The first-order valence-corrected chi connectivity index (χ1v) is 5.41. The molecule has 1 N–H and O–H groups in total. The molecule has 96 valence electrons. The van der Waals surface area contributed by atoms with Crippen molar-refractivity contribution >= 4 is 5.69 Å². The minimum absolute atomic E-state index is 0.355. The Kier molecular flexibility index (Phi) is 3.72. The van der Waals surface area contributed by atoms with E-state index in [1.165, 1.54) is 20.3 Å². The van der Waals surface area contributed by atoms with Crippen molar-refractivity contribution < 1.29 is 18.3 Å². The zero-order valence-electron chi connectivity index (χ0n) is 10.2. The van der Waals surface area contributed by atoms with Gasteiger partial charge in [0, 0.05) is 24.2 Å². The fourth-order valence-corrected chi connectivity index (χ4v) is 1.58. The molecule has 4 nitrogen and oxygen atoms in total. The van der Waals surface area contributed by atoms with E-state index in [1.54, 1.807) is 18.6 Å². The quantitative estimate of drug-likeness (QED) is 0.887. The highest BCUT2D eigenvalue weighted by Crippen LogP contribution is 2.32. The Bertz CT molecular complexity index is 511. The molecular formula is C13H14FNO3. The Morgan fingerprint density at radius 3 is 2.56 bits per heavy atom. The number of hydrogen-bond donors (Lipinski definition) is 1. The second-order valence-corrected chi connectivity index (χ2v) is 3.67.